The second-order valence-corrected chi connectivity index (χ2v) is 5.82. The van der Waals surface area contributed by atoms with E-state index in [1.165, 1.54) is 12.1 Å². The number of benzene rings is 2. The van der Waals surface area contributed by atoms with Crippen LogP contribution in [0.4, 0.5) is 4.39 Å². The lowest BCUT2D eigenvalue weighted by molar-refractivity contribution is 0.617. The zero-order valence-electron chi connectivity index (χ0n) is 13.2. The third kappa shape index (κ3) is 2.46. The summed E-state index contributed by atoms with van der Waals surface area (Å²) in [6.45, 7) is 2.09. The van der Waals surface area contributed by atoms with Gasteiger partial charge in [0.15, 0.2) is 0 Å². The molecule has 0 fully saturated rings. The summed E-state index contributed by atoms with van der Waals surface area (Å²) in [6, 6.07) is 14.9. The highest BCUT2D eigenvalue weighted by molar-refractivity contribution is 5.95. The van der Waals surface area contributed by atoms with Crippen LogP contribution >= 0.6 is 0 Å². The Morgan fingerprint density at radius 1 is 0.958 bits per heavy atom. The lowest BCUT2D eigenvalue weighted by atomic mass is 10.0. The molecule has 1 unspecified atom stereocenters. The van der Waals surface area contributed by atoms with Gasteiger partial charge in [-0.3, -0.25) is 4.98 Å². The van der Waals surface area contributed by atoms with Crippen molar-refractivity contribution < 1.29 is 4.39 Å². The molecule has 0 spiro atoms. The van der Waals surface area contributed by atoms with E-state index in [9.17, 15) is 4.39 Å². The van der Waals surface area contributed by atoms with Crippen LogP contribution in [0.15, 0.2) is 73.4 Å². The maximum absolute atomic E-state index is 13.2. The molecular weight excluding hydrogens is 301 g/mol. The van der Waals surface area contributed by atoms with Gasteiger partial charge in [-0.15, -0.1) is 0 Å². The zero-order valence-corrected chi connectivity index (χ0v) is 13.2. The smallest absolute Gasteiger partial charge is 0.123 e. The van der Waals surface area contributed by atoms with Crippen LogP contribution in [-0.2, 0) is 0 Å². The first-order chi connectivity index (χ1) is 11.7. The van der Waals surface area contributed by atoms with E-state index in [1.807, 2.05) is 43.0 Å². The lowest BCUT2D eigenvalue weighted by Gasteiger charge is -2.18. The lowest BCUT2D eigenvalue weighted by Crippen LogP contribution is -2.07. The molecule has 0 radical (unpaired) electrons. The molecule has 1 atom stereocenters. The van der Waals surface area contributed by atoms with Crippen molar-refractivity contribution in [3.63, 3.8) is 0 Å². The number of fused-ring (bicyclic) bond motifs is 1. The number of hydrogen-bond donors (Lipinski definition) is 0. The summed E-state index contributed by atoms with van der Waals surface area (Å²) in [5.74, 6) is -0.224. The molecule has 0 saturated heterocycles. The van der Waals surface area contributed by atoms with Gasteiger partial charge in [-0.1, -0.05) is 30.3 Å². The van der Waals surface area contributed by atoms with E-state index in [4.69, 9.17) is 0 Å². The molecular formula is C20H16FN3. The van der Waals surface area contributed by atoms with E-state index in [0.29, 0.717) is 0 Å². The van der Waals surface area contributed by atoms with Gasteiger partial charge in [-0.25, -0.2) is 9.37 Å². The van der Waals surface area contributed by atoms with Gasteiger partial charge in [0, 0.05) is 23.3 Å². The van der Waals surface area contributed by atoms with Gasteiger partial charge in [0.25, 0.3) is 0 Å². The molecule has 0 aliphatic carbocycles. The van der Waals surface area contributed by atoms with Crippen LogP contribution in [-0.4, -0.2) is 14.5 Å². The van der Waals surface area contributed by atoms with Crippen molar-refractivity contribution >= 4 is 10.8 Å². The van der Waals surface area contributed by atoms with Crippen molar-refractivity contribution in [2.45, 2.75) is 13.0 Å². The standard InChI is InChI=1S/C20H16FN3/c1-14(15-5-7-17(21)8-6-15)24-13-23-12-20(24)19-4-2-3-16-11-22-10-9-18(16)19/h2-14H,1H3. The Labute approximate surface area is 139 Å². The Morgan fingerprint density at radius 2 is 1.79 bits per heavy atom. The highest BCUT2D eigenvalue weighted by Gasteiger charge is 2.14. The minimum Gasteiger partial charge on any atom is -0.323 e. The van der Waals surface area contributed by atoms with Crippen LogP contribution in [0.2, 0.25) is 0 Å². The third-order valence-electron chi connectivity index (χ3n) is 4.39. The molecule has 0 N–H and O–H groups in total. The number of imidazole rings is 1. The molecule has 4 heteroatoms. The predicted molar refractivity (Wildman–Crippen MR) is 93.2 cm³/mol. The van der Waals surface area contributed by atoms with E-state index in [2.05, 4.69) is 33.6 Å². The van der Waals surface area contributed by atoms with E-state index < -0.39 is 0 Å². The molecule has 24 heavy (non-hydrogen) atoms. The van der Waals surface area contributed by atoms with Crippen molar-refractivity contribution in [1.29, 1.82) is 0 Å². The van der Waals surface area contributed by atoms with E-state index in [-0.39, 0.29) is 11.9 Å². The second kappa shape index (κ2) is 5.89. The Hall–Kier alpha value is -3.01. The fraction of sp³-hybridized carbons (Fsp3) is 0.100. The molecule has 0 saturated carbocycles. The first kappa shape index (κ1) is 14.6. The van der Waals surface area contributed by atoms with Gasteiger partial charge >= 0.3 is 0 Å². The van der Waals surface area contributed by atoms with Gasteiger partial charge in [-0.2, -0.15) is 0 Å². The van der Waals surface area contributed by atoms with Gasteiger partial charge < -0.3 is 4.57 Å². The van der Waals surface area contributed by atoms with Crippen LogP contribution in [0.3, 0.4) is 0 Å². The molecule has 0 bridgehead atoms. The van der Waals surface area contributed by atoms with Gasteiger partial charge in [0.1, 0.15) is 5.82 Å². The molecule has 118 valence electrons. The largest absolute Gasteiger partial charge is 0.323 e. The Bertz CT molecular complexity index is 984. The van der Waals surface area contributed by atoms with E-state index >= 15 is 0 Å². The summed E-state index contributed by atoms with van der Waals surface area (Å²) in [7, 11) is 0. The SMILES string of the molecule is CC(c1ccc(F)cc1)n1cncc1-c1cccc2cnccc12. The van der Waals surface area contributed by atoms with Crippen LogP contribution in [0.5, 0.6) is 0 Å². The minimum absolute atomic E-state index is 0.0557. The van der Waals surface area contributed by atoms with Gasteiger partial charge in [-0.05, 0) is 36.1 Å². The average Bonchev–Trinajstić information content (AvgIpc) is 3.11. The molecule has 0 aliphatic rings. The van der Waals surface area contributed by atoms with Crippen molar-refractivity contribution in [3.05, 3.63) is 84.8 Å². The highest BCUT2D eigenvalue weighted by atomic mass is 19.1. The Balaban J connectivity index is 1.84. The number of hydrogen-bond acceptors (Lipinski definition) is 2. The van der Waals surface area contributed by atoms with Crippen molar-refractivity contribution in [3.8, 4) is 11.3 Å². The zero-order chi connectivity index (χ0) is 16.5. The van der Waals surface area contributed by atoms with Crippen molar-refractivity contribution in [2.24, 2.45) is 0 Å². The summed E-state index contributed by atoms with van der Waals surface area (Å²) in [4.78, 5) is 8.53. The summed E-state index contributed by atoms with van der Waals surface area (Å²) in [6.07, 6.45) is 7.36. The number of halogens is 1. The molecule has 3 nitrogen and oxygen atoms in total. The molecule has 4 aromatic rings. The molecule has 4 rings (SSSR count). The molecule has 0 amide bonds. The van der Waals surface area contributed by atoms with Crippen LogP contribution in [0.25, 0.3) is 22.0 Å². The first-order valence-corrected chi connectivity index (χ1v) is 7.84. The predicted octanol–water partition coefficient (Wildman–Crippen LogP) is 4.85. The minimum atomic E-state index is -0.224. The number of rotatable bonds is 3. The summed E-state index contributed by atoms with van der Waals surface area (Å²) >= 11 is 0. The normalized spacial score (nSPS) is 12.4. The molecule has 0 aliphatic heterocycles. The summed E-state index contributed by atoms with van der Waals surface area (Å²) in [5, 5.41) is 2.23. The fourth-order valence-corrected chi connectivity index (χ4v) is 3.07. The van der Waals surface area contributed by atoms with Crippen LogP contribution in [0, 0.1) is 5.82 Å². The topological polar surface area (TPSA) is 30.7 Å². The van der Waals surface area contributed by atoms with Gasteiger partial charge in [0.05, 0.1) is 24.3 Å². The summed E-state index contributed by atoms with van der Waals surface area (Å²) in [5.41, 5.74) is 3.18. The van der Waals surface area contributed by atoms with E-state index in [1.54, 1.807) is 6.20 Å². The molecule has 2 aromatic heterocycles. The average molecular weight is 317 g/mol. The Morgan fingerprint density at radius 3 is 2.62 bits per heavy atom. The monoisotopic (exact) mass is 317 g/mol. The maximum Gasteiger partial charge on any atom is 0.123 e. The Kier molecular flexibility index (Phi) is 3.58. The molecule has 2 heterocycles. The summed E-state index contributed by atoms with van der Waals surface area (Å²) < 4.78 is 15.3. The van der Waals surface area contributed by atoms with Gasteiger partial charge in [0.2, 0.25) is 0 Å². The highest BCUT2D eigenvalue weighted by Crippen LogP contribution is 2.31. The van der Waals surface area contributed by atoms with Crippen molar-refractivity contribution in [1.82, 2.24) is 14.5 Å². The van der Waals surface area contributed by atoms with Crippen LogP contribution < -0.4 is 0 Å². The number of aromatic nitrogens is 3. The maximum atomic E-state index is 13.2. The second-order valence-electron chi connectivity index (χ2n) is 5.82. The molecule has 2 aromatic carbocycles. The quantitative estimate of drug-likeness (QED) is 0.541. The number of pyridine rings is 1. The fourth-order valence-electron chi connectivity index (χ4n) is 3.07. The van der Waals surface area contributed by atoms with Crippen molar-refractivity contribution in [2.75, 3.05) is 0 Å². The van der Waals surface area contributed by atoms with E-state index in [0.717, 1.165) is 27.6 Å². The third-order valence-corrected chi connectivity index (χ3v) is 4.39. The number of nitrogens with zero attached hydrogens (tertiary/aromatic N) is 3. The van der Waals surface area contributed by atoms with Crippen LogP contribution in [0.1, 0.15) is 18.5 Å². The first-order valence-electron chi connectivity index (χ1n) is 7.84.